The molecule has 1 aliphatic rings. The molecule has 3 rings (SSSR count). The van der Waals surface area contributed by atoms with E-state index in [1.54, 1.807) is 37.4 Å². The Kier molecular flexibility index (Phi) is 4.51. The molecule has 0 atom stereocenters. The van der Waals surface area contributed by atoms with Crippen molar-refractivity contribution < 1.29 is 9.53 Å². The van der Waals surface area contributed by atoms with Crippen molar-refractivity contribution in [1.82, 2.24) is 0 Å². The average molecular weight is 310 g/mol. The number of benzene rings is 2. The molecule has 0 aromatic heterocycles. The third kappa shape index (κ3) is 3.31. The topological polar surface area (TPSA) is 55.6 Å². The van der Waals surface area contributed by atoms with Crippen molar-refractivity contribution in [2.75, 3.05) is 30.8 Å². The lowest BCUT2D eigenvalue weighted by atomic mass is 10.0. The van der Waals surface area contributed by atoms with Crippen LogP contribution in [0.1, 0.15) is 35.2 Å². The SMILES string of the molecule is COc1ccc(C(=O)c2ccc(N3CCCCC3)c(N)c2)cc1. The number of nitrogens with two attached hydrogens (primary N) is 1. The van der Waals surface area contributed by atoms with Gasteiger partial charge in [-0.3, -0.25) is 4.79 Å². The van der Waals surface area contributed by atoms with Crippen LogP contribution in [0.25, 0.3) is 0 Å². The number of ether oxygens (including phenoxy) is 1. The first-order valence-electron chi connectivity index (χ1n) is 8.02. The molecule has 1 saturated heterocycles. The second kappa shape index (κ2) is 6.73. The second-order valence-corrected chi connectivity index (χ2v) is 5.88. The van der Waals surface area contributed by atoms with Crippen molar-refractivity contribution in [3.8, 4) is 5.75 Å². The van der Waals surface area contributed by atoms with Crippen molar-refractivity contribution in [2.45, 2.75) is 19.3 Å². The monoisotopic (exact) mass is 310 g/mol. The van der Waals surface area contributed by atoms with Gasteiger partial charge in [-0.25, -0.2) is 0 Å². The number of hydrogen-bond donors (Lipinski definition) is 1. The number of carbonyl (C=O) groups is 1. The van der Waals surface area contributed by atoms with Crippen molar-refractivity contribution in [2.24, 2.45) is 0 Å². The van der Waals surface area contributed by atoms with Crippen LogP contribution in [0, 0.1) is 0 Å². The lowest BCUT2D eigenvalue weighted by Crippen LogP contribution is -2.30. The van der Waals surface area contributed by atoms with Gasteiger partial charge < -0.3 is 15.4 Å². The highest BCUT2D eigenvalue weighted by molar-refractivity contribution is 6.09. The molecule has 120 valence electrons. The molecule has 1 heterocycles. The molecule has 0 bridgehead atoms. The highest BCUT2D eigenvalue weighted by Crippen LogP contribution is 2.28. The van der Waals surface area contributed by atoms with Crippen LogP contribution >= 0.6 is 0 Å². The summed E-state index contributed by atoms with van der Waals surface area (Å²) in [6.07, 6.45) is 3.68. The zero-order chi connectivity index (χ0) is 16.2. The van der Waals surface area contributed by atoms with E-state index >= 15 is 0 Å². The molecule has 0 amide bonds. The van der Waals surface area contributed by atoms with Crippen molar-refractivity contribution in [3.05, 3.63) is 53.6 Å². The number of piperidine rings is 1. The number of hydrogen-bond acceptors (Lipinski definition) is 4. The molecule has 2 aromatic carbocycles. The normalized spacial score (nSPS) is 14.6. The maximum atomic E-state index is 12.6. The number of methoxy groups -OCH3 is 1. The first kappa shape index (κ1) is 15.4. The number of ketones is 1. The fourth-order valence-electron chi connectivity index (χ4n) is 3.03. The molecule has 2 aromatic rings. The highest BCUT2D eigenvalue weighted by Gasteiger charge is 2.16. The molecular weight excluding hydrogens is 288 g/mol. The predicted octanol–water partition coefficient (Wildman–Crippen LogP) is 3.50. The van der Waals surface area contributed by atoms with E-state index in [-0.39, 0.29) is 5.78 Å². The molecule has 0 radical (unpaired) electrons. The number of rotatable bonds is 4. The zero-order valence-electron chi connectivity index (χ0n) is 13.4. The number of anilines is 2. The van der Waals surface area contributed by atoms with E-state index in [9.17, 15) is 4.79 Å². The molecular formula is C19H22N2O2. The van der Waals surface area contributed by atoms with Gasteiger partial charge in [0.1, 0.15) is 5.75 Å². The molecule has 23 heavy (non-hydrogen) atoms. The van der Waals surface area contributed by atoms with Crippen LogP contribution in [0.3, 0.4) is 0 Å². The third-order valence-corrected chi connectivity index (χ3v) is 4.34. The quantitative estimate of drug-likeness (QED) is 0.693. The van der Waals surface area contributed by atoms with Crippen LogP contribution in [0.4, 0.5) is 11.4 Å². The van der Waals surface area contributed by atoms with E-state index in [0.29, 0.717) is 16.8 Å². The van der Waals surface area contributed by atoms with Gasteiger partial charge in [0, 0.05) is 24.2 Å². The maximum Gasteiger partial charge on any atom is 0.193 e. The van der Waals surface area contributed by atoms with E-state index in [0.717, 1.165) is 24.5 Å². The van der Waals surface area contributed by atoms with Crippen LogP contribution in [0.15, 0.2) is 42.5 Å². The van der Waals surface area contributed by atoms with Crippen LogP contribution in [-0.4, -0.2) is 26.0 Å². The van der Waals surface area contributed by atoms with Crippen LogP contribution in [0.2, 0.25) is 0 Å². The van der Waals surface area contributed by atoms with Crippen LogP contribution < -0.4 is 15.4 Å². The number of carbonyl (C=O) groups excluding carboxylic acids is 1. The second-order valence-electron chi connectivity index (χ2n) is 5.88. The summed E-state index contributed by atoms with van der Waals surface area (Å²) in [6.45, 7) is 2.08. The molecule has 4 nitrogen and oxygen atoms in total. The molecule has 0 spiro atoms. The molecule has 0 aliphatic carbocycles. The molecule has 2 N–H and O–H groups in total. The van der Waals surface area contributed by atoms with Gasteiger partial charge in [-0.05, 0) is 61.7 Å². The third-order valence-electron chi connectivity index (χ3n) is 4.34. The Morgan fingerprint density at radius 3 is 2.26 bits per heavy atom. The minimum atomic E-state index is -0.0236. The van der Waals surface area contributed by atoms with Crippen molar-refractivity contribution in [3.63, 3.8) is 0 Å². The van der Waals surface area contributed by atoms with Gasteiger partial charge in [0.2, 0.25) is 0 Å². The Balaban J connectivity index is 1.82. The summed E-state index contributed by atoms with van der Waals surface area (Å²) in [5.41, 5.74) is 9.16. The molecule has 1 fully saturated rings. The van der Waals surface area contributed by atoms with Gasteiger partial charge in [0.05, 0.1) is 18.5 Å². The summed E-state index contributed by atoms with van der Waals surface area (Å²) in [5, 5.41) is 0. The first-order chi connectivity index (χ1) is 11.2. The van der Waals surface area contributed by atoms with Crippen LogP contribution in [-0.2, 0) is 0 Å². The summed E-state index contributed by atoms with van der Waals surface area (Å²) >= 11 is 0. The standard InChI is InChI=1S/C19H22N2O2/c1-23-16-8-5-14(6-9-16)19(22)15-7-10-18(17(20)13-15)21-11-3-2-4-12-21/h5-10,13H,2-4,11-12,20H2,1H3. The smallest absolute Gasteiger partial charge is 0.193 e. The van der Waals surface area contributed by atoms with Crippen molar-refractivity contribution >= 4 is 17.2 Å². The summed E-state index contributed by atoms with van der Waals surface area (Å²) in [5.74, 6) is 0.714. The van der Waals surface area contributed by atoms with Crippen LogP contribution in [0.5, 0.6) is 5.75 Å². The Labute approximate surface area is 136 Å². The lowest BCUT2D eigenvalue weighted by molar-refractivity contribution is 0.103. The number of nitrogens with zero attached hydrogens (tertiary/aromatic N) is 1. The maximum absolute atomic E-state index is 12.6. The zero-order valence-corrected chi connectivity index (χ0v) is 13.4. The Morgan fingerprint density at radius 2 is 1.65 bits per heavy atom. The van der Waals surface area contributed by atoms with E-state index in [4.69, 9.17) is 10.5 Å². The highest BCUT2D eigenvalue weighted by atomic mass is 16.5. The van der Waals surface area contributed by atoms with Gasteiger partial charge >= 0.3 is 0 Å². The van der Waals surface area contributed by atoms with E-state index in [1.807, 2.05) is 12.1 Å². The fraction of sp³-hybridized carbons (Fsp3) is 0.316. The molecule has 4 heteroatoms. The average Bonchev–Trinajstić information content (AvgIpc) is 2.62. The summed E-state index contributed by atoms with van der Waals surface area (Å²) < 4.78 is 5.12. The largest absolute Gasteiger partial charge is 0.497 e. The first-order valence-corrected chi connectivity index (χ1v) is 8.02. The molecule has 1 aliphatic heterocycles. The van der Waals surface area contributed by atoms with Crippen molar-refractivity contribution in [1.29, 1.82) is 0 Å². The van der Waals surface area contributed by atoms with Gasteiger partial charge in [-0.15, -0.1) is 0 Å². The minimum Gasteiger partial charge on any atom is -0.497 e. The Morgan fingerprint density at radius 1 is 1.00 bits per heavy atom. The lowest BCUT2D eigenvalue weighted by Gasteiger charge is -2.30. The minimum absolute atomic E-state index is 0.0236. The van der Waals surface area contributed by atoms with Gasteiger partial charge in [0.25, 0.3) is 0 Å². The fourth-order valence-corrected chi connectivity index (χ4v) is 3.03. The van der Waals surface area contributed by atoms with E-state index in [2.05, 4.69) is 4.90 Å². The molecule has 0 unspecified atom stereocenters. The van der Waals surface area contributed by atoms with E-state index < -0.39 is 0 Å². The van der Waals surface area contributed by atoms with Gasteiger partial charge in [0.15, 0.2) is 5.78 Å². The predicted molar refractivity (Wildman–Crippen MR) is 93.3 cm³/mol. The Bertz CT molecular complexity index is 689. The number of nitrogen functional groups attached to an aromatic ring is 1. The van der Waals surface area contributed by atoms with Gasteiger partial charge in [-0.1, -0.05) is 0 Å². The summed E-state index contributed by atoms with van der Waals surface area (Å²) in [7, 11) is 1.61. The van der Waals surface area contributed by atoms with Gasteiger partial charge in [-0.2, -0.15) is 0 Å². The Hall–Kier alpha value is -2.49. The summed E-state index contributed by atoms with van der Waals surface area (Å²) in [6, 6.07) is 12.8. The molecule has 0 saturated carbocycles. The summed E-state index contributed by atoms with van der Waals surface area (Å²) in [4.78, 5) is 14.9. The van der Waals surface area contributed by atoms with E-state index in [1.165, 1.54) is 19.3 Å².